The van der Waals surface area contributed by atoms with Crippen LogP contribution in [0.25, 0.3) is 0 Å². The molecule has 1 amide bonds. The second kappa shape index (κ2) is 6.45. The number of ether oxygens (including phenoxy) is 2. The van der Waals surface area contributed by atoms with Crippen LogP contribution in [0.3, 0.4) is 0 Å². The summed E-state index contributed by atoms with van der Waals surface area (Å²) in [5.41, 5.74) is 0. The third-order valence-electron chi connectivity index (χ3n) is 4.15. The lowest BCUT2D eigenvalue weighted by Crippen LogP contribution is -2.38. The van der Waals surface area contributed by atoms with Crippen LogP contribution < -0.4 is 4.74 Å². The molecule has 21 heavy (non-hydrogen) atoms. The molecule has 1 aromatic carbocycles. The first-order chi connectivity index (χ1) is 10.2. The Labute approximate surface area is 124 Å². The predicted molar refractivity (Wildman–Crippen MR) is 77.0 cm³/mol. The van der Waals surface area contributed by atoms with E-state index in [1.54, 1.807) is 4.90 Å². The minimum atomic E-state index is -0.631. The van der Waals surface area contributed by atoms with Crippen LogP contribution in [0.5, 0.6) is 5.75 Å². The van der Waals surface area contributed by atoms with Crippen molar-refractivity contribution in [2.45, 2.75) is 25.0 Å². The van der Waals surface area contributed by atoms with Gasteiger partial charge in [0.25, 0.3) is 0 Å². The van der Waals surface area contributed by atoms with Gasteiger partial charge in [0.05, 0.1) is 13.1 Å². The molecule has 3 rings (SSSR count). The smallest absolute Gasteiger partial charge is 0.226 e. The van der Waals surface area contributed by atoms with Gasteiger partial charge in [-0.25, -0.2) is 0 Å². The van der Waals surface area contributed by atoms with Crippen molar-refractivity contribution in [2.75, 3.05) is 26.3 Å². The second-order valence-electron chi connectivity index (χ2n) is 5.67. The monoisotopic (exact) mass is 291 g/mol. The Hall–Kier alpha value is -1.59. The lowest BCUT2D eigenvalue weighted by atomic mass is 9.99. The molecule has 0 saturated carbocycles. The second-order valence-corrected chi connectivity index (χ2v) is 5.67. The molecular weight excluding hydrogens is 270 g/mol. The fraction of sp³-hybridized carbons (Fsp3) is 0.562. The van der Waals surface area contributed by atoms with Gasteiger partial charge in [-0.15, -0.1) is 0 Å². The van der Waals surface area contributed by atoms with Gasteiger partial charge in [-0.1, -0.05) is 18.2 Å². The lowest BCUT2D eigenvalue weighted by molar-refractivity contribution is -0.137. The van der Waals surface area contributed by atoms with E-state index in [1.165, 1.54) is 0 Å². The van der Waals surface area contributed by atoms with Gasteiger partial charge in [-0.05, 0) is 25.0 Å². The van der Waals surface area contributed by atoms with Crippen molar-refractivity contribution < 1.29 is 19.4 Å². The number of nitrogens with zero attached hydrogens (tertiary/aromatic N) is 1. The molecule has 2 atom stereocenters. The van der Waals surface area contributed by atoms with E-state index in [0.29, 0.717) is 26.3 Å². The fourth-order valence-electron chi connectivity index (χ4n) is 2.93. The SMILES string of the molecule is O=C(C1CCOCC1)N1C[C@@H](O)[C@H](Oc2ccccc2)C1. The van der Waals surface area contributed by atoms with Crippen LogP contribution in [0, 0.1) is 5.92 Å². The van der Waals surface area contributed by atoms with E-state index in [4.69, 9.17) is 9.47 Å². The number of aliphatic hydroxyl groups is 1. The van der Waals surface area contributed by atoms with Crippen molar-refractivity contribution in [3.05, 3.63) is 30.3 Å². The Kier molecular flexibility index (Phi) is 4.41. The van der Waals surface area contributed by atoms with Gasteiger partial charge < -0.3 is 19.5 Å². The Balaban J connectivity index is 1.58. The van der Waals surface area contributed by atoms with Crippen LogP contribution in [0.15, 0.2) is 30.3 Å². The summed E-state index contributed by atoms with van der Waals surface area (Å²) < 4.78 is 11.1. The van der Waals surface area contributed by atoms with Gasteiger partial charge in [-0.3, -0.25) is 4.79 Å². The molecule has 114 valence electrons. The first-order valence-corrected chi connectivity index (χ1v) is 7.50. The molecule has 0 aliphatic carbocycles. The summed E-state index contributed by atoms with van der Waals surface area (Å²) in [4.78, 5) is 14.2. The maximum absolute atomic E-state index is 12.4. The number of carbonyl (C=O) groups excluding carboxylic acids is 1. The van der Waals surface area contributed by atoms with Crippen LogP contribution in [-0.4, -0.2) is 54.4 Å². The number of aliphatic hydroxyl groups excluding tert-OH is 1. The topological polar surface area (TPSA) is 59.0 Å². The van der Waals surface area contributed by atoms with Crippen molar-refractivity contribution in [2.24, 2.45) is 5.92 Å². The van der Waals surface area contributed by atoms with Crippen molar-refractivity contribution >= 4 is 5.91 Å². The Morgan fingerprint density at radius 3 is 2.62 bits per heavy atom. The summed E-state index contributed by atoms with van der Waals surface area (Å²) in [5.74, 6) is 0.875. The van der Waals surface area contributed by atoms with Crippen LogP contribution in [0.4, 0.5) is 0 Å². The molecule has 0 radical (unpaired) electrons. The molecule has 0 bridgehead atoms. The van der Waals surface area contributed by atoms with Crippen molar-refractivity contribution in [1.29, 1.82) is 0 Å². The molecule has 2 aliphatic heterocycles. The zero-order valence-corrected chi connectivity index (χ0v) is 12.0. The molecular formula is C16H21NO4. The summed E-state index contributed by atoms with van der Waals surface area (Å²) in [7, 11) is 0. The molecule has 2 saturated heterocycles. The quantitative estimate of drug-likeness (QED) is 0.905. The van der Waals surface area contributed by atoms with Crippen molar-refractivity contribution in [1.82, 2.24) is 4.90 Å². The maximum atomic E-state index is 12.4. The third kappa shape index (κ3) is 3.36. The van der Waals surface area contributed by atoms with Gasteiger partial charge in [0.1, 0.15) is 18.0 Å². The summed E-state index contributed by atoms with van der Waals surface area (Å²) >= 11 is 0. The lowest BCUT2D eigenvalue weighted by Gasteiger charge is -2.26. The average molecular weight is 291 g/mol. The van der Waals surface area contributed by atoms with E-state index in [1.807, 2.05) is 30.3 Å². The highest BCUT2D eigenvalue weighted by molar-refractivity contribution is 5.79. The van der Waals surface area contributed by atoms with Gasteiger partial charge in [0, 0.05) is 19.1 Å². The summed E-state index contributed by atoms with van der Waals surface area (Å²) in [6.07, 6.45) is 0.566. The van der Waals surface area contributed by atoms with Gasteiger partial charge in [-0.2, -0.15) is 0 Å². The molecule has 2 fully saturated rings. The van der Waals surface area contributed by atoms with E-state index < -0.39 is 6.10 Å². The highest BCUT2D eigenvalue weighted by atomic mass is 16.5. The molecule has 0 spiro atoms. The Morgan fingerprint density at radius 2 is 1.90 bits per heavy atom. The highest BCUT2D eigenvalue weighted by Crippen LogP contribution is 2.23. The summed E-state index contributed by atoms with van der Waals surface area (Å²) in [6, 6.07) is 9.41. The van der Waals surface area contributed by atoms with E-state index >= 15 is 0 Å². The molecule has 5 nitrogen and oxygen atoms in total. The van der Waals surface area contributed by atoms with Crippen LogP contribution in [-0.2, 0) is 9.53 Å². The van der Waals surface area contributed by atoms with Crippen LogP contribution in [0.2, 0.25) is 0 Å². The van der Waals surface area contributed by atoms with E-state index in [9.17, 15) is 9.90 Å². The van der Waals surface area contributed by atoms with Gasteiger partial charge >= 0.3 is 0 Å². The number of benzene rings is 1. The number of hydrogen-bond donors (Lipinski definition) is 1. The molecule has 0 aromatic heterocycles. The first-order valence-electron chi connectivity index (χ1n) is 7.50. The summed E-state index contributed by atoms with van der Waals surface area (Å²) in [6.45, 7) is 2.10. The predicted octanol–water partition coefficient (Wildman–Crippen LogP) is 1.06. The number of carbonyl (C=O) groups is 1. The number of para-hydroxylation sites is 1. The minimum absolute atomic E-state index is 0.0291. The molecule has 0 unspecified atom stereocenters. The van der Waals surface area contributed by atoms with Crippen LogP contribution >= 0.6 is 0 Å². The van der Waals surface area contributed by atoms with E-state index in [-0.39, 0.29) is 17.9 Å². The number of rotatable bonds is 3. The number of amides is 1. The number of hydrogen-bond acceptors (Lipinski definition) is 4. The highest BCUT2D eigenvalue weighted by Gasteiger charge is 2.38. The van der Waals surface area contributed by atoms with Crippen molar-refractivity contribution in [3.63, 3.8) is 0 Å². The first kappa shape index (κ1) is 14.4. The van der Waals surface area contributed by atoms with Crippen LogP contribution in [0.1, 0.15) is 12.8 Å². The largest absolute Gasteiger partial charge is 0.486 e. The molecule has 1 N–H and O–H groups in total. The summed E-state index contributed by atoms with van der Waals surface area (Å²) in [5, 5.41) is 10.1. The fourth-order valence-corrected chi connectivity index (χ4v) is 2.93. The Morgan fingerprint density at radius 1 is 1.19 bits per heavy atom. The van der Waals surface area contributed by atoms with Crippen molar-refractivity contribution in [3.8, 4) is 5.75 Å². The zero-order valence-electron chi connectivity index (χ0n) is 12.0. The van der Waals surface area contributed by atoms with E-state index in [2.05, 4.69) is 0 Å². The maximum Gasteiger partial charge on any atom is 0.226 e. The van der Waals surface area contributed by atoms with E-state index in [0.717, 1.165) is 18.6 Å². The van der Waals surface area contributed by atoms with Gasteiger partial charge in [0.15, 0.2) is 0 Å². The number of β-amino-alcohol motifs (C(OH)–C–C–N with tert-alkyl or cyclic N) is 1. The van der Waals surface area contributed by atoms with Gasteiger partial charge in [0.2, 0.25) is 5.91 Å². The molecule has 1 aromatic rings. The molecule has 5 heteroatoms. The Bertz CT molecular complexity index is 472. The molecule has 2 aliphatic rings. The zero-order chi connectivity index (χ0) is 14.7. The average Bonchev–Trinajstić information content (AvgIpc) is 2.89. The standard InChI is InChI=1S/C16H21NO4/c18-14-10-17(16(19)12-6-8-20-9-7-12)11-15(14)21-13-4-2-1-3-5-13/h1-5,12,14-15,18H,6-11H2/t14-,15-/m1/s1. The third-order valence-corrected chi connectivity index (χ3v) is 4.15. The number of likely N-dealkylation sites (tertiary alicyclic amines) is 1. The molecule has 2 heterocycles. The normalized spacial score (nSPS) is 26.8. The minimum Gasteiger partial charge on any atom is -0.486 e.